The first kappa shape index (κ1) is 11.9. The van der Waals surface area contributed by atoms with Gasteiger partial charge in [-0.25, -0.2) is 0 Å². The zero-order valence-corrected chi connectivity index (χ0v) is 10.2. The van der Waals surface area contributed by atoms with Gasteiger partial charge in [-0.2, -0.15) is 0 Å². The van der Waals surface area contributed by atoms with E-state index >= 15 is 0 Å². The fourth-order valence-corrected chi connectivity index (χ4v) is 1.80. The molecule has 0 aliphatic heterocycles. The second-order valence-electron chi connectivity index (χ2n) is 4.16. The van der Waals surface area contributed by atoms with E-state index in [0.29, 0.717) is 0 Å². The third kappa shape index (κ3) is 3.43. The minimum atomic E-state index is 0.955. The molecule has 0 aromatic heterocycles. The van der Waals surface area contributed by atoms with Gasteiger partial charge in [0, 0.05) is 6.54 Å². The predicted molar refractivity (Wildman–Crippen MR) is 72.7 cm³/mol. The van der Waals surface area contributed by atoms with E-state index in [1.165, 1.54) is 23.1 Å². The van der Waals surface area contributed by atoms with Gasteiger partial charge in [0.1, 0.15) is 0 Å². The number of nitrogens with one attached hydrogen (secondary N) is 1. The van der Waals surface area contributed by atoms with E-state index in [0.717, 1.165) is 13.1 Å². The van der Waals surface area contributed by atoms with Crippen molar-refractivity contribution in [2.45, 2.75) is 19.9 Å². The van der Waals surface area contributed by atoms with Crippen LogP contribution in [0.4, 0.5) is 0 Å². The van der Waals surface area contributed by atoms with Crippen molar-refractivity contribution in [3.05, 3.63) is 60.2 Å². The fourth-order valence-electron chi connectivity index (χ4n) is 1.80. The van der Waals surface area contributed by atoms with Crippen LogP contribution in [0, 0.1) is 6.07 Å². The summed E-state index contributed by atoms with van der Waals surface area (Å²) in [5.74, 6) is 0. The van der Waals surface area contributed by atoms with Gasteiger partial charge in [0.15, 0.2) is 0 Å². The summed E-state index contributed by atoms with van der Waals surface area (Å²) in [6, 6.07) is 19.9. The molecular weight excluding hydrogens is 206 g/mol. The van der Waals surface area contributed by atoms with E-state index in [2.05, 4.69) is 54.7 Å². The Morgan fingerprint density at radius 3 is 2.24 bits per heavy atom. The molecule has 2 rings (SSSR count). The highest BCUT2D eigenvalue weighted by Gasteiger charge is 1.96. The number of benzene rings is 2. The fraction of sp³-hybridized carbons (Fsp3) is 0.250. The van der Waals surface area contributed by atoms with Gasteiger partial charge in [0.2, 0.25) is 0 Å². The average Bonchev–Trinajstić information content (AvgIpc) is 2.41. The van der Waals surface area contributed by atoms with Crippen molar-refractivity contribution in [2.75, 3.05) is 6.54 Å². The molecule has 17 heavy (non-hydrogen) atoms. The Morgan fingerprint density at radius 1 is 0.941 bits per heavy atom. The number of hydrogen-bond acceptors (Lipinski definition) is 1. The summed E-state index contributed by atoms with van der Waals surface area (Å²) in [6.07, 6.45) is 1.18. The molecule has 0 saturated carbocycles. The average molecular weight is 224 g/mol. The third-order valence-corrected chi connectivity index (χ3v) is 2.76. The minimum absolute atomic E-state index is 0.955. The lowest BCUT2D eigenvalue weighted by molar-refractivity contribution is 0.675. The summed E-state index contributed by atoms with van der Waals surface area (Å²) in [5.41, 5.74) is 3.85. The zero-order chi connectivity index (χ0) is 11.9. The van der Waals surface area contributed by atoms with Crippen LogP contribution < -0.4 is 5.32 Å². The Morgan fingerprint density at radius 2 is 1.59 bits per heavy atom. The summed E-state index contributed by atoms with van der Waals surface area (Å²) in [7, 11) is 0. The van der Waals surface area contributed by atoms with Crippen LogP contribution in [0.5, 0.6) is 0 Å². The quantitative estimate of drug-likeness (QED) is 0.764. The van der Waals surface area contributed by atoms with Gasteiger partial charge in [0.25, 0.3) is 0 Å². The molecule has 1 heteroatoms. The largest absolute Gasteiger partial charge is 0.313 e. The van der Waals surface area contributed by atoms with Crippen molar-refractivity contribution >= 4 is 0 Å². The highest BCUT2D eigenvalue weighted by molar-refractivity contribution is 5.63. The topological polar surface area (TPSA) is 12.0 Å². The number of rotatable bonds is 5. The maximum Gasteiger partial charge on any atom is 0.0205 e. The van der Waals surface area contributed by atoms with Crippen molar-refractivity contribution in [3.63, 3.8) is 0 Å². The Bertz CT molecular complexity index is 431. The van der Waals surface area contributed by atoms with Crippen molar-refractivity contribution in [1.82, 2.24) is 5.32 Å². The molecule has 1 radical (unpaired) electrons. The van der Waals surface area contributed by atoms with Crippen LogP contribution in [0.3, 0.4) is 0 Å². The lowest BCUT2D eigenvalue weighted by atomic mass is 10.0. The summed E-state index contributed by atoms with van der Waals surface area (Å²) in [4.78, 5) is 0. The maximum absolute atomic E-state index is 3.41. The molecule has 0 aliphatic rings. The Kier molecular flexibility index (Phi) is 4.34. The van der Waals surface area contributed by atoms with Gasteiger partial charge in [-0.05, 0) is 35.7 Å². The first-order chi connectivity index (χ1) is 8.40. The predicted octanol–water partition coefficient (Wildman–Crippen LogP) is 3.65. The van der Waals surface area contributed by atoms with Crippen molar-refractivity contribution in [2.24, 2.45) is 0 Å². The van der Waals surface area contributed by atoms with Gasteiger partial charge in [-0.3, -0.25) is 0 Å². The van der Waals surface area contributed by atoms with Crippen molar-refractivity contribution in [1.29, 1.82) is 0 Å². The van der Waals surface area contributed by atoms with Crippen LogP contribution in [-0.2, 0) is 6.54 Å². The lowest BCUT2D eigenvalue weighted by Gasteiger charge is -2.05. The van der Waals surface area contributed by atoms with Gasteiger partial charge in [-0.15, -0.1) is 0 Å². The van der Waals surface area contributed by atoms with Gasteiger partial charge in [0.05, 0.1) is 0 Å². The Balaban J connectivity index is 2.03. The molecule has 0 heterocycles. The maximum atomic E-state index is 3.41. The number of hydrogen-bond donors (Lipinski definition) is 1. The second-order valence-corrected chi connectivity index (χ2v) is 4.16. The monoisotopic (exact) mass is 224 g/mol. The van der Waals surface area contributed by atoms with Crippen LogP contribution in [0.15, 0.2) is 48.5 Å². The summed E-state index contributed by atoms with van der Waals surface area (Å²) < 4.78 is 0. The molecule has 0 spiro atoms. The van der Waals surface area contributed by atoms with E-state index in [9.17, 15) is 0 Å². The molecular formula is C16H18N. The van der Waals surface area contributed by atoms with E-state index < -0.39 is 0 Å². The Labute approximate surface area is 103 Å². The molecule has 0 amide bonds. The standard InChI is InChI=1S/C16H18N/c1-2-12-17-13-14-8-10-16(11-9-14)15-6-4-3-5-7-15/h4-11,17H,2,12-13H2,1H3. The molecule has 0 unspecified atom stereocenters. The molecule has 0 saturated heterocycles. The normalized spacial score (nSPS) is 10.4. The third-order valence-electron chi connectivity index (χ3n) is 2.76. The van der Waals surface area contributed by atoms with Gasteiger partial charge < -0.3 is 5.32 Å². The van der Waals surface area contributed by atoms with E-state index in [1.807, 2.05) is 12.1 Å². The first-order valence-electron chi connectivity index (χ1n) is 6.16. The molecule has 0 fully saturated rings. The zero-order valence-electron chi connectivity index (χ0n) is 10.2. The van der Waals surface area contributed by atoms with Crippen LogP contribution in [0.1, 0.15) is 18.9 Å². The summed E-state index contributed by atoms with van der Waals surface area (Å²) >= 11 is 0. The molecule has 2 aromatic carbocycles. The molecule has 0 bridgehead atoms. The molecule has 1 nitrogen and oxygen atoms in total. The first-order valence-corrected chi connectivity index (χ1v) is 6.16. The van der Waals surface area contributed by atoms with Crippen LogP contribution >= 0.6 is 0 Å². The second kappa shape index (κ2) is 6.21. The van der Waals surface area contributed by atoms with Gasteiger partial charge >= 0.3 is 0 Å². The van der Waals surface area contributed by atoms with Gasteiger partial charge in [-0.1, -0.05) is 55.5 Å². The highest BCUT2D eigenvalue weighted by atomic mass is 14.8. The van der Waals surface area contributed by atoms with E-state index in [-0.39, 0.29) is 0 Å². The highest BCUT2D eigenvalue weighted by Crippen LogP contribution is 2.18. The Hall–Kier alpha value is -1.60. The van der Waals surface area contributed by atoms with E-state index in [4.69, 9.17) is 0 Å². The summed E-state index contributed by atoms with van der Waals surface area (Å²) in [6.45, 7) is 4.22. The van der Waals surface area contributed by atoms with Crippen molar-refractivity contribution in [3.8, 4) is 11.1 Å². The van der Waals surface area contributed by atoms with E-state index in [1.54, 1.807) is 0 Å². The van der Waals surface area contributed by atoms with Crippen LogP contribution in [0.2, 0.25) is 0 Å². The minimum Gasteiger partial charge on any atom is -0.313 e. The molecule has 1 N–H and O–H groups in total. The van der Waals surface area contributed by atoms with Crippen LogP contribution in [-0.4, -0.2) is 6.54 Å². The smallest absolute Gasteiger partial charge is 0.0205 e. The molecule has 2 aromatic rings. The molecule has 87 valence electrons. The lowest BCUT2D eigenvalue weighted by Crippen LogP contribution is -2.13. The van der Waals surface area contributed by atoms with Crippen molar-refractivity contribution < 1.29 is 0 Å². The molecule has 0 aliphatic carbocycles. The van der Waals surface area contributed by atoms with Crippen LogP contribution in [0.25, 0.3) is 11.1 Å². The molecule has 0 atom stereocenters. The SMILES string of the molecule is CCCNCc1ccc(-c2cc[c]cc2)cc1. The summed E-state index contributed by atoms with van der Waals surface area (Å²) in [5, 5.41) is 3.41.